The molecule has 0 unspecified atom stereocenters. The quantitative estimate of drug-likeness (QED) is 0.931. The molecule has 1 aliphatic rings. The molecule has 2 aromatic rings. The minimum atomic E-state index is -0.209. The number of nitrogens with zero attached hydrogens (tertiary/aromatic N) is 1. The number of rotatable bonds is 3. The van der Waals surface area contributed by atoms with Gasteiger partial charge in [0.05, 0.1) is 6.26 Å². The summed E-state index contributed by atoms with van der Waals surface area (Å²) in [5.74, 6) is 0.122. The zero-order valence-corrected chi connectivity index (χ0v) is 12.3. The SMILES string of the molecule is Cc1ccc(N2CCCCC2)cc1NC(=O)c1ccco1. The van der Waals surface area contributed by atoms with Crippen LogP contribution in [0.3, 0.4) is 0 Å². The predicted octanol–water partition coefficient (Wildman–Crippen LogP) is 3.83. The molecule has 1 saturated heterocycles. The van der Waals surface area contributed by atoms with Crippen LogP contribution in [-0.2, 0) is 0 Å². The summed E-state index contributed by atoms with van der Waals surface area (Å²) in [7, 11) is 0. The minimum Gasteiger partial charge on any atom is -0.459 e. The first-order chi connectivity index (χ1) is 10.2. The van der Waals surface area contributed by atoms with Gasteiger partial charge in [0.1, 0.15) is 0 Å². The second kappa shape index (κ2) is 6.04. The molecule has 0 bridgehead atoms. The number of anilines is 2. The van der Waals surface area contributed by atoms with E-state index in [9.17, 15) is 4.79 Å². The molecule has 0 saturated carbocycles. The van der Waals surface area contributed by atoms with Crippen LogP contribution in [0.15, 0.2) is 41.0 Å². The van der Waals surface area contributed by atoms with Gasteiger partial charge in [-0.2, -0.15) is 0 Å². The molecule has 110 valence electrons. The van der Waals surface area contributed by atoms with E-state index >= 15 is 0 Å². The van der Waals surface area contributed by atoms with Crippen LogP contribution >= 0.6 is 0 Å². The monoisotopic (exact) mass is 284 g/mol. The summed E-state index contributed by atoms with van der Waals surface area (Å²) in [5, 5.41) is 2.93. The first kappa shape index (κ1) is 13.7. The van der Waals surface area contributed by atoms with Crippen molar-refractivity contribution in [3.8, 4) is 0 Å². The van der Waals surface area contributed by atoms with Crippen LogP contribution in [0.1, 0.15) is 35.4 Å². The van der Waals surface area contributed by atoms with Gasteiger partial charge in [-0.15, -0.1) is 0 Å². The normalized spacial score (nSPS) is 15.0. The van der Waals surface area contributed by atoms with Crippen molar-refractivity contribution in [3.63, 3.8) is 0 Å². The minimum absolute atomic E-state index is 0.209. The molecule has 21 heavy (non-hydrogen) atoms. The number of furan rings is 1. The average Bonchev–Trinajstić information content (AvgIpc) is 3.05. The Morgan fingerprint density at radius 3 is 2.71 bits per heavy atom. The Labute approximate surface area is 124 Å². The lowest BCUT2D eigenvalue weighted by molar-refractivity contribution is 0.0996. The van der Waals surface area contributed by atoms with Crippen molar-refractivity contribution in [2.75, 3.05) is 23.3 Å². The van der Waals surface area contributed by atoms with Crippen LogP contribution in [-0.4, -0.2) is 19.0 Å². The zero-order valence-electron chi connectivity index (χ0n) is 12.3. The van der Waals surface area contributed by atoms with E-state index in [1.165, 1.54) is 31.2 Å². The van der Waals surface area contributed by atoms with Crippen LogP contribution in [0.25, 0.3) is 0 Å². The molecule has 0 aliphatic carbocycles. The van der Waals surface area contributed by atoms with Gasteiger partial charge in [-0.25, -0.2) is 0 Å². The van der Waals surface area contributed by atoms with Gasteiger partial charge in [0.2, 0.25) is 0 Å². The molecule has 0 spiro atoms. The Morgan fingerprint density at radius 2 is 2.00 bits per heavy atom. The van der Waals surface area contributed by atoms with Gasteiger partial charge >= 0.3 is 0 Å². The molecule has 0 atom stereocenters. The third-order valence-corrected chi connectivity index (χ3v) is 3.94. The lowest BCUT2D eigenvalue weighted by atomic mass is 10.1. The van der Waals surface area contributed by atoms with Crippen molar-refractivity contribution in [1.82, 2.24) is 0 Å². The van der Waals surface area contributed by atoms with Crippen molar-refractivity contribution >= 4 is 17.3 Å². The van der Waals surface area contributed by atoms with E-state index in [1.54, 1.807) is 12.1 Å². The van der Waals surface area contributed by atoms with E-state index in [0.717, 1.165) is 24.3 Å². The van der Waals surface area contributed by atoms with Gasteiger partial charge in [-0.1, -0.05) is 6.07 Å². The maximum absolute atomic E-state index is 12.1. The summed E-state index contributed by atoms with van der Waals surface area (Å²) in [6.07, 6.45) is 5.29. The summed E-state index contributed by atoms with van der Waals surface area (Å²) < 4.78 is 5.13. The summed E-state index contributed by atoms with van der Waals surface area (Å²) in [4.78, 5) is 14.5. The first-order valence-corrected chi connectivity index (χ1v) is 7.44. The van der Waals surface area contributed by atoms with Crippen molar-refractivity contribution in [1.29, 1.82) is 0 Å². The molecule has 4 heteroatoms. The van der Waals surface area contributed by atoms with Crippen LogP contribution in [0.4, 0.5) is 11.4 Å². The highest BCUT2D eigenvalue weighted by Crippen LogP contribution is 2.26. The highest BCUT2D eigenvalue weighted by molar-refractivity contribution is 6.02. The van der Waals surface area contributed by atoms with E-state index in [1.807, 2.05) is 6.92 Å². The molecular weight excluding hydrogens is 264 g/mol. The van der Waals surface area contributed by atoms with Crippen molar-refractivity contribution in [2.45, 2.75) is 26.2 Å². The summed E-state index contributed by atoms with van der Waals surface area (Å²) in [6, 6.07) is 9.62. The van der Waals surface area contributed by atoms with Crippen molar-refractivity contribution in [3.05, 3.63) is 47.9 Å². The van der Waals surface area contributed by atoms with Crippen LogP contribution in [0.2, 0.25) is 0 Å². The number of benzene rings is 1. The fourth-order valence-corrected chi connectivity index (χ4v) is 2.69. The number of hydrogen-bond acceptors (Lipinski definition) is 3. The Hall–Kier alpha value is -2.23. The van der Waals surface area contributed by atoms with Crippen LogP contribution < -0.4 is 10.2 Å². The smallest absolute Gasteiger partial charge is 0.291 e. The van der Waals surface area contributed by atoms with Gasteiger partial charge in [-0.05, 0) is 56.0 Å². The molecule has 1 N–H and O–H groups in total. The highest BCUT2D eigenvalue weighted by atomic mass is 16.3. The van der Waals surface area contributed by atoms with Gasteiger partial charge in [0, 0.05) is 24.5 Å². The summed E-state index contributed by atoms with van der Waals surface area (Å²) in [6.45, 7) is 4.18. The van der Waals surface area contributed by atoms with E-state index in [2.05, 4.69) is 28.4 Å². The maximum atomic E-state index is 12.1. The lowest BCUT2D eigenvalue weighted by Gasteiger charge is -2.29. The standard InChI is InChI=1S/C17H20N2O2/c1-13-7-8-14(19-9-3-2-4-10-19)12-15(13)18-17(20)16-6-5-11-21-16/h5-8,11-12H,2-4,9-10H2,1H3,(H,18,20). The third kappa shape index (κ3) is 3.10. The molecule has 3 rings (SSSR count). The molecule has 1 amide bonds. The molecule has 1 fully saturated rings. The Balaban J connectivity index is 1.79. The summed E-state index contributed by atoms with van der Waals surface area (Å²) in [5.41, 5.74) is 3.07. The third-order valence-electron chi connectivity index (χ3n) is 3.94. The van der Waals surface area contributed by atoms with Gasteiger partial charge in [0.15, 0.2) is 5.76 Å². The Kier molecular flexibility index (Phi) is 3.95. The lowest BCUT2D eigenvalue weighted by Crippen LogP contribution is -2.29. The Morgan fingerprint density at radius 1 is 1.19 bits per heavy atom. The van der Waals surface area contributed by atoms with Gasteiger partial charge in [0.25, 0.3) is 5.91 Å². The fraction of sp³-hybridized carbons (Fsp3) is 0.353. The number of piperidine rings is 1. The average molecular weight is 284 g/mol. The summed E-state index contributed by atoms with van der Waals surface area (Å²) >= 11 is 0. The largest absolute Gasteiger partial charge is 0.459 e. The zero-order chi connectivity index (χ0) is 14.7. The first-order valence-electron chi connectivity index (χ1n) is 7.44. The highest BCUT2D eigenvalue weighted by Gasteiger charge is 2.14. The molecule has 4 nitrogen and oxygen atoms in total. The number of aryl methyl sites for hydroxylation is 1. The molecule has 1 aromatic heterocycles. The van der Waals surface area contributed by atoms with Crippen LogP contribution in [0.5, 0.6) is 0 Å². The number of nitrogens with one attached hydrogen (secondary N) is 1. The van der Waals surface area contributed by atoms with E-state index < -0.39 is 0 Å². The maximum Gasteiger partial charge on any atom is 0.291 e. The van der Waals surface area contributed by atoms with Crippen molar-refractivity contribution in [2.24, 2.45) is 0 Å². The van der Waals surface area contributed by atoms with Crippen molar-refractivity contribution < 1.29 is 9.21 Å². The molecule has 2 heterocycles. The second-order valence-electron chi connectivity index (χ2n) is 5.48. The van der Waals surface area contributed by atoms with Crippen LogP contribution in [0, 0.1) is 6.92 Å². The predicted molar refractivity (Wildman–Crippen MR) is 83.9 cm³/mol. The number of carbonyl (C=O) groups is 1. The van der Waals surface area contributed by atoms with E-state index in [-0.39, 0.29) is 5.91 Å². The molecule has 1 aliphatic heterocycles. The molecular formula is C17H20N2O2. The van der Waals surface area contributed by atoms with E-state index in [4.69, 9.17) is 4.42 Å². The Bertz CT molecular complexity index is 614. The molecule has 1 aromatic carbocycles. The van der Waals surface area contributed by atoms with Gasteiger partial charge in [-0.3, -0.25) is 4.79 Å². The topological polar surface area (TPSA) is 45.5 Å². The van der Waals surface area contributed by atoms with E-state index in [0.29, 0.717) is 5.76 Å². The molecule has 0 radical (unpaired) electrons. The number of hydrogen-bond donors (Lipinski definition) is 1. The number of amides is 1. The number of carbonyl (C=O) groups excluding carboxylic acids is 1. The fourth-order valence-electron chi connectivity index (χ4n) is 2.69. The van der Waals surface area contributed by atoms with Gasteiger partial charge < -0.3 is 14.6 Å². The second-order valence-corrected chi connectivity index (χ2v) is 5.48.